The number of aliphatic carboxylic acids is 1. The van der Waals surface area contributed by atoms with Crippen molar-refractivity contribution in [1.82, 2.24) is 10.2 Å². The van der Waals surface area contributed by atoms with Gasteiger partial charge in [0.05, 0.1) is 6.54 Å². The summed E-state index contributed by atoms with van der Waals surface area (Å²) >= 11 is 4.91. The number of halogens is 1. The number of thiophene rings is 1. The van der Waals surface area contributed by atoms with Crippen LogP contribution in [0.25, 0.3) is 0 Å². The number of hydrogen-bond acceptors (Lipinski definition) is 3. The van der Waals surface area contributed by atoms with Crippen LogP contribution in [0, 0.1) is 5.92 Å². The van der Waals surface area contributed by atoms with Crippen molar-refractivity contribution in [1.29, 1.82) is 0 Å². The third kappa shape index (κ3) is 5.50. The molecular formula is C13H19BrN2O3S. The number of nitrogens with zero attached hydrogens (tertiary/aromatic N) is 1. The van der Waals surface area contributed by atoms with E-state index in [2.05, 4.69) is 21.2 Å². The van der Waals surface area contributed by atoms with Crippen molar-refractivity contribution < 1.29 is 14.7 Å². The van der Waals surface area contributed by atoms with Gasteiger partial charge in [-0.25, -0.2) is 9.59 Å². The topological polar surface area (TPSA) is 69.6 Å². The van der Waals surface area contributed by atoms with Crippen LogP contribution in [0.3, 0.4) is 0 Å². The zero-order valence-electron chi connectivity index (χ0n) is 11.7. The molecule has 0 bridgehead atoms. The predicted octanol–water partition coefficient (Wildman–Crippen LogP) is 3.15. The summed E-state index contributed by atoms with van der Waals surface area (Å²) in [6, 6.07) is 0.722. The molecule has 1 aromatic rings. The summed E-state index contributed by atoms with van der Waals surface area (Å²) < 4.78 is 0.981. The van der Waals surface area contributed by atoms with Crippen LogP contribution in [0.4, 0.5) is 4.79 Å². The standard InChI is InChI=1S/C13H19BrN2O3S/c1-8(2)4-11(12(17)18)15-13(19)16(3)6-10-5-9(14)7-20-10/h5,7-8,11H,4,6H2,1-3H3,(H,15,19)(H,17,18). The number of urea groups is 1. The van der Waals surface area contributed by atoms with Crippen LogP contribution < -0.4 is 5.32 Å². The van der Waals surface area contributed by atoms with Gasteiger partial charge in [-0.15, -0.1) is 11.3 Å². The molecule has 1 unspecified atom stereocenters. The van der Waals surface area contributed by atoms with Crippen LogP contribution in [-0.2, 0) is 11.3 Å². The second kappa shape index (κ2) is 7.64. The van der Waals surface area contributed by atoms with Crippen molar-refractivity contribution in [2.75, 3.05) is 7.05 Å². The Bertz CT molecular complexity index is 476. The first-order valence-electron chi connectivity index (χ1n) is 6.27. The molecule has 0 radical (unpaired) electrons. The highest BCUT2D eigenvalue weighted by molar-refractivity contribution is 9.10. The summed E-state index contributed by atoms with van der Waals surface area (Å²) in [6.45, 7) is 4.31. The molecule has 0 aromatic carbocycles. The maximum absolute atomic E-state index is 12.0. The van der Waals surface area contributed by atoms with E-state index in [9.17, 15) is 9.59 Å². The van der Waals surface area contributed by atoms with Gasteiger partial charge in [-0.3, -0.25) is 0 Å². The average molecular weight is 363 g/mol. The van der Waals surface area contributed by atoms with E-state index in [0.29, 0.717) is 13.0 Å². The fraction of sp³-hybridized carbons (Fsp3) is 0.538. The van der Waals surface area contributed by atoms with Gasteiger partial charge >= 0.3 is 12.0 Å². The Morgan fingerprint density at radius 1 is 1.50 bits per heavy atom. The van der Waals surface area contributed by atoms with E-state index in [1.54, 1.807) is 18.4 Å². The summed E-state index contributed by atoms with van der Waals surface area (Å²) in [5.74, 6) is -0.797. The Hall–Kier alpha value is -1.08. The molecule has 0 spiro atoms. The van der Waals surface area contributed by atoms with Crippen molar-refractivity contribution in [2.45, 2.75) is 32.9 Å². The van der Waals surface area contributed by atoms with E-state index >= 15 is 0 Å². The van der Waals surface area contributed by atoms with E-state index < -0.39 is 12.0 Å². The molecule has 0 aliphatic rings. The largest absolute Gasteiger partial charge is 0.480 e. The molecule has 0 saturated heterocycles. The third-order valence-electron chi connectivity index (χ3n) is 2.66. The van der Waals surface area contributed by atoms with Gasteiger partial charge in [0.25, 0.3) is 0 Å². The van der Waals surface area contributed by atoms with E-state index in [-0.39, 0.29) is 11.9 Å². The highest BCUT2D eigenvalue weighted by Gasteiger charge is 2.22. The number of nitrogens with one attached hydrogen (secondary N) is 1. The number of carbonyl (C=O) groups is 2. The van der Waals surface area contributed by atoms with Crippen molar-refractivity contribution in [3.63, 3.8) is 0 Å². The third-order valence-corrected chi connectivity index (χ3v) is 4.35. The number of amides is 2. The van der Waals surface area contributed by atoms with Crippen LogP contribution in [0.1, 0.15) is 25.1 Å². The molecule has 0 aliphatic carbocycles. The van der Waals surface area contributed by atoms with Crippen molar-refractivity contribution in [3.8, 4) is 0 Å². The molecule has 0 fully saturated rings. The van der Waals surface area contributed by atoms with E-state index in [1.165, 1.54) is 4.90 Å². The molecule has 1 heterocycles. The van der Waals surface area contributed by atoms with E-state index in [4.69, 9.17) is 5.11 Å². The monoisotopic (exact) mass is 362 g/mol. The van der Waals surface area contributed by atoms with E-state index in [1.807, 2.05) is 25.3 Å². The highest BCUT2D eigenvalue weighted by Crippen LogP contribution is 2.20. The molecule has 0 aliphatic heterocycles. The maximum Gasteiger partial charge on any atom is 0.326 e. The lowest BCUT2D eigenvalue weighted by Gasteiger charge is -2.22. The number of hydrogen-bond donors (Lipinski definition) is 2. The lowest BCUT2D eigenvalue weighted by molar-refractivity contribution is -0.139. The van der Waals surface area contributed by atoms with Gasteiger partial charge in [-0.2, -0.15) is 0 Å². The fourth-order valence-electron chi connectivity index (χ4n) is 1.69. The van der Waals surface area contributed by atoms with Crippen molar-refractivity contribution in [2.24, 2.45) is 5.92 Å². The minimum Gasteiger partial charge on any atom is -0.480 e. The fourth-order valence-corrected chi connectivity index (χ4v) is 3.20. The lowest BCUT2D eigenvalue weighted by Crippen LogP contribution is -2.46. The van der Waals surface area contributed by atoms with Crippen molar-refractivity contribution >= 4 is 39.3 Å². The summed E-state index contributed by atoms with van der Waals surface area (Å²) in [6.07, 6.45) is 0.416. The van der Waals surface area contributed by atoms with Gasteiger partial charge in [-0.05, 0) is 34.3 Å². The zero-order valence-corrected chi connectivity index (χ0v) is 14.1. The van der Waals surface area contributed by atoms with Crippen LogP contribution in [0.15, 0.2) is 15.9 Å². The second-order valence-electron chi connectivity index (χ2n) is 5.06. The van der Waals surface area contributed by atoms with E-state index in [0.717, 1.165) is 9.35 Å². The molecule has 112 valence electrons. The van der Waals surface area contributed by atoms with Gasteiger partial charge in [0.1, 0.15) is 6.04 Å². The molecule has 1 aromatic heterocycles. The van der Waals surface area contributed by atoms with Gasteiger partial charge < -0.3 is 15.3 Å². The molecule has 1 rings (SSSR count). The summed E-state index contributed by atoms with van der Waals surface area (Å²) in [4.78, 5) is 25.6. The van der Waals surface area contributed by atoms with Gasteiger partial charge in [0, 0.05) is 21.8 Å². The summed E-state index contributed by atoms with van der Waals surface area (Å²) in [5, 5.41) is 13.6. The van der Waals surface area contributed by atoms with Crippen LogP contribution in [0.2, 0.25) is 0 Å². The van der Waals surface area contributed by atoms with Gasteiger partial charge in [0.15, 0.2) is 0 Å². The number of carboxylic acid groups (broad SMARTS) is 1. The normalized spacial score (nSPS) is 12.2. The first kappa shape index (κ1) is 17.0. The summed E-state index contributed by atoms with van der Waals surface area (Å²) in [7, 11) is 1.65. The van der Waals surface area contributed by atoms with Crippen LogP contribution in [0.5, 0.6) is 0 Å². The Kier molecular flexibility index (Phi) is 6.48. The molecule has 2 N–H and O–H groups in total. The predicted molar refractivity (Wildman–Crippen MR) is 82.9 cm³/mol. The Morgan fingerprint density at radius 3 is 2.60 bits per heavy atom. The van der Waals surface area contributed by atoms with Gasteiger partial charge in [0.2, 0.25) is 0 Å². The maximum atomic E-state index is 12.0. The second-order valence-corrected chi connectivity index (χ2v) is 6.97. The molecule has 7 heteroatoms. The zero-order chi connectivity index (χ0) is 15.3. The Morgan fingerprint density at radius 2 is 2.15 bits per heavy atom. The molecule has 0 saturated carbocycles. The summed E-state index contributed by atoms with van der Waals surface area (Å²) in [5.41, 5.74) is 0. The number of carboxylic acids is 1. The van der Waals surface area contributed by atoms with Gasteiger partial charge in [-0.1, -0.05) is 13.8 Å². The average Bonchev–Trinajstić information content (AvgIpc) is 2.72. The highest BCUT2D eigenvalue weighted by atomic mass is 79.9. The number of rotatable bonds is 6. The molecule has 20 heavy (non-hydrogen) atoms. The molecule has 5 nitrogen and oxygen atoms in total. The number of carbonyl (C=O) groups excluding carboxylic acids is 1. The van der Waals surface area contributed by atoms with Crippen LogP contribution in [-0.4, -0.2) is 35.1 Å². The first-order chi connectivity index (χ1) is 9.29. The minimum atomic E-state index is -1.00. The molecular weight excluding hydrogens is 344 g/mol. The molecule has 1 atom stereocenters. The Balaban J connectivity index is 2.57. The quantitative estimate of drug-likeness (QED) is 0.816. The first-order valence-corrected chi connectivity index (χ1v) is 7.94. The molecule has 2 amide bonds. The van der Waals surface area contributed by atoms with Crippen LogP contribution >= 0.6 is 27.3 Å². The lowest BCUT2D eigenvalue weighted by atomic mass is 10.0. The minimum absolute atomic E-state index is 0.204. The Labute approximate surface area is 131 Å². The SMILES string of the molecule is CC(C)CC(NC(=O)N(C)Cc1cc(Br)cs1)C(=O)O. The van der Waals surface area contributed by atoms with Crippen molar-refractivity contribution in [3.05, 3.63) is 20.8 Å². The smallest absolute Gasteiger partial charge is 0.326 e.